The zero-order valence-electron chi connectivity index (χ0n) is 18.1. The Morgan fingerprint density at radius 3 is 2.81 bits per heavy atom. The average Bonchev–Trinajstić information content (AvgIpc) is 3.05. The quantitative estimate of drug-likeness (QED) is 0.606. The molecular formula is C24H27FN4O3. The van der Waals surface area contributed by atoms with Gasteiger partial charge in [0.1, 0.15) is 18.2 Å². The molecule has 0 aliphatic carbocycles. The molecule has 0 unspecified atom stereocenters. The van der Waals surface area contributed by atoms with Crippen molar-refractivity contribution in [3.63, 3.8) is 0 Å². The smallest absolute Gasteiger partial charge is 0.255 e. The summed E-state index contributed by atoms with van der Waals surface area (Å²) in [6.45, 7) is 3.75. The van der Waals surface area contributed by atoms with Gasteiger partial charge >= 0.3 is 0 Å². The Labute approximate surface area is 186 Å². The number of benzene rings is 2. The predicted octanol–water partition coefficient (Wildman–Crippen LogP) is 3.93. The Morgan fingerprint density at radius 2 is 2.03 bits per heavy atom. The number of rotatable bonds is 7. The van der Waals surface area contributed by atoms with E-state index in [9.17, 15) is 9.18 Å². The van der Waals surface area contributed by atoms with Crippen LogP contribution in [0.2, 0.25) is 0 Å². The molecule has 1 fully saturated rings. The molecule has 1 aliphatic rings. The highest BCUT2D eigenvalue weighted by atomic mass is 19.1. The normalized spacial score (nSPS) is 14.7. The molecule has 1 aliphatic heterocycles. The maximum Gasteiger partial charge on any atom is 0.255 e. The van der Waals surface area contributed by atoms with Gasteiger partial charge in [-0.3, -0.25) is 14.4 Å². The maximum atomic E-state index is 13.1. The zero-order valence-corrected chi connectivity index (χ0v) is 18.1. The van der Waals surface area contributed by atoms with E-state index in [1.807, 2.05) is 25.2 Å². The molecule has 1 amide bonds. The lowest BCUT2D eigenvalue weighted by Crippen LogP contribution is -2.30. The number of ether oxygens (including phenoxy) is 2. The Kier molecular flexibility index (Phi) is 7.14. The van der Waals surface area contributed by atoms with Crippen LogP contribution in [-0.2, 0) is 11.8 Å². The van der Waals surface area contributed by atoms with Crippen LogP contribution < -0.4 is 10.1 Å². The minimum Gasteiger partial charge on any atom is -0.492 e. The topological polar surface area (TPSA) is 68.6 Å². The lowest BCUT2D eigenvalue weighted by Gasteiger charge is -2.20. The number of amides is 1. The van der Waals surface area contributed by atoms with E-state index in [2.05, 4.69) is 15.3 Å². The van der Waals surface area contributed by atoms with Crippen molar-refractivity contribution in [2.24, 2.45) is 7.05 Å². The van der Waals surface area contributed by atoms with Crippen molar-refractivity contribution in [3.8, 4) is 17.0 Å². The van der Waals surface area contributed by atoms with E-state index in [-0.39, 0.29) is 11.7 Å². The first-order valence-electron chi connectivity index (χ1n) is 10.7. The molecule has 168 valence electrons. The molecule has 7 nitrogen and oxygen atoms in total. The van der Waals surface area contributed by atoms with Crippen LogP contribution in [0.5, 0.6) is 5.75 Å². The third-order valence-corrected chi connectivity index (χ3v) is 5.39. The number of nitrogens with zero attached hydrogens (tertiary/aromatic N) is 3. The molecule has 1 saturated heterocycles. The van der Waals surface area contributed by atoms with Crippen molar-refractivity contribution in [1.82, 2.24) is 14.7 Å². The van der Waals surface area contributed by atoms with E-state index in [1.54, 1.807) is 16.9 Å². The van der Waals surface area contributed by atoms with Gasteiger partial charge in [0, 0.05) is 49.8 Å². The lowest BCUT2D eigenvalue weighted by atomic mass is 10.1. The summed E-state index contributed by atoms with van der Waals surface area (Å²) in [5, 5.41) is 7.13. The fourth-order valence-corrected chi connectivity index (χ4v) is 3.64. The van der Waals surface area contributed by atoms with Crippen molar-refractivity contribution in [2.75, 3.05) is 38.4 Å². The second-order valence-corrected chi connectivity index (χ2v) is 7.72. The van der Waals surface area contributed by atoms with Crippen molar-refractivity contribution in [3.05, 3.63) is 66.1 Å². The Hall–Kier alpha value is -3.23. The highest BCUT2D eigenvalue weighted by Gasteiger charge is 2.15. The third kappa shape index (κ3) is 5.52. The molecule has 0 spiro atoms. The standard InChI is InChI=1S/C24H27FN4O3/c1-28-22(10-11-26-28)21-16-20(27-24(30)18-4-6-19(25)7-5-18)8-9-23(21)32-15-13-29-12-2-3-14-31-17-29/h4-11,16H,2-3,12-15,17H2,1H3,(H,27,30). The van der Waals surface area contributed by atoms with Crippen LogP contribution >= 0.6 is 0 Å². The van der Waals surface area contributed by atoms with Gasteiger partial charge in [0.25, 0.3) is 5.91 Å². The number of hydrogen-bond donors (Lipinski definition) is 1. The predicted molar refractivity (Wildman–Crippen MR) is 120 cm³/mol. The first kappa shape index (κ1) is 22.0. The highest BCUT2D eigenvalue weighted by molar-refractivity contribution is 6.04. The van der Waals surface area contributed by atoms with E-state index < -0.39 is 0 Å². The lowest BCUT2D eigenvalue weighted by molar-refractivity contribution is 0.0428. The number of carbonyl (C=O) groups is 1. The van der Waals surface area contributed by atoms with E-state index in [1.165, 1.54) is 24.3 Å². The van der Waals surface area contributed by atoms with Crippen molar-refractivity contribution < 1.29 is 18.7 Å². The second kappa shape index (κ2) is 10.4. The summed E-state index contributed by atoms with van der Waals surface area (Å²) in [4.78, 5) is 14.8. The molecule has 0 radical (unpaired) electrons. The van der Waals surface area contributed by atoms with Gasteiger partial charge in [-0.1, -0.05) is 0 Å². The Morgan fingerprint density at radius 1 is 1.19 bits per heavy atom. The van der Waals surface area contributed by atoms with E-state index in [0.717, 1.165) is 43.8 Å². The van der Waals surface area contributed by atoms with Crippen LogP contribution in [-0.4, -0.2) is 53.6 Å². The number of hydrogen-bond acceptors (Lipinski definition) is 5. The van der Waals surface area contributed by atoms with Gasteiger partial charge in [-0.05, 0) is 61.4 Å². The van der Waals surface area contributed by atoms with E-state index in [0.29, 0.717) is 30.3 Å². The van der Waals surface area contributed by atoms with Crippen LogP contribution in [0, 0.1) is 5.82 Å². The molecule has 0 saturated carbocycles. The zero-order chi connectivity index (χ0) is 22.3. The molecule has 2 heterocycles. The molecule has 8 heteroatoms. The molecule has 1 aromatic heterocycles. The SMILES string of the molecule is Cn1nccc1-c1cc(NC(=O)c2ccc(F)cc2)ccc1OCCN1CCCCOC1. The molecule has 0 atom stereocenters. The molecular weight excluding hydrogens is 411 g/mol. The van der Waals surface area contributed by atoms with Gasteiger partial charge in [0.05, 0.1) is 12.4 Å². The summed E-state index contributed by atoms with van der Waals surface area (Å²) in [6.07, 6.45) is 3.94. The van der Waals surface area contributed by atoms with Crippen LogP contribution in [0.3, 0.4) is 0 Å². The molecule has 32 heavy (non-hydrogen) atoms. The van der Waals surface area contributed by atoms with Gasteiger partial charge in [0.2, 0.25) is 0 Å². The number of nitrogens with one attached hydrogen (secondary N) is 1. The van der Waals surface area contributed by atoms with Crippen LogP contribution in [0.1, 0.15) is 23.2 Å². The maximum absolute atomic E-state index is 13.1. The first-order valence-corrected chi connectivity index (χ1v) is 10.7. The number of carbonyl (C=O) groups excluding carboxylic acids is 1. The summed E-state index contributed by atoms with van der Waals surface area (Å²) >= 11 is 0. The summed E-state index contributed by atoms with van der Waals surface area (Å²) in [5.41, 5.74) is 2.70. The fraction of sp³-hybridized carbons (Fsp3) is 0.333. The fourth-order valence-electron chi connectivity index (χ4n) is 3.64. The Bertz CT molecular complexity index is 1040. The highest BCUT2D eigenvalue weighted by Crippen LogP contribution is 2.32. The molecule has 2 aromatic carbocycles. The van der Waals surface area contributed by atoms with Crippen molar-refractivity contribution in [2.45, 2.75) is 12.8 Å². The van der Waals surface area contributed by atoms with Crippen molar-refractivity contribution in [1.29, 1.82) is 0 Å². The third-order valence-electron chi connectivity index (χ3n) is 5.39. The van der Waals surface area contributed by atoms with Gasteiger partial charge in [-0.25, -0.2) is 4.39 Å². The molecule has 0 bridgehead atoms. The van der Waals surface area contributed by atoms with Gasteiger partial charge < -0.3 is 14.8 Å². The van der Waals surface area contributed by atoms with E-state index in [4.69, 9.17) is 9.47 Å². The minimum atomic E-state index is -0.381. The van der Waals surface area contributed by atoms with Crippen molar-refractivity contribution >= 4 is 11.6 Å². The summed E-state index contributed by atoms with van der Waals surface area (Å²) in [7, 11) is 1.86. The second-order valence-electron chi connectivity index (χ2n) is 7.72. The van der Waals surface area contributed by atoms with Crippen LogP contribution in [0.4, 0.5) is 10.1 Å². The summed E-state index contributed by atoms with van der Waals surface area (Å²) in [6, 6.07) is 12.9. The molecule has 1 N–H and O–H groups in total. The average molecular weight is 439 g/mol. The van der Waals surface area contributed by atoms with Gasteiger partial charge in [-0.15, -0.1) is 0 Å². The summed E-state index contributed by atoms with van der Waals surface area (Å²) < 4.78 is 26.6. The summed E-state index contributed by atoms with van der Waals surface area (Å²) in [5.74, 6) is 0.0215. The number of aromatic nitrogens is 2. The number of aryl methyl sites for hydroxylation is 1. The number of anilines is 1. The number of halogens is 1. The molecule has 4 rings (SSSR count). The minimum absolute atomic E-state index is 0.309. The van der Waals surface area contributed by atoms with E-state index >= 15 is 0 Å². The first-order chi connectivity index (χ1) is 15.6. The van der Waals surface area contributed by atoms with Crippen LogP contribution in [0.15, 0.2) is 54.7 Å². The van der Waals surface area contributed by atoms with Crippen LogP contribution in [0.25, 0.3) is 11.3 Å². The Balaban J connectivity index is 1.49. The molecule has 3 aromatic rings. The van der Waals surface area contributed by atoms with Gasteiger partial charge in [0.15, 0.2) is 0 Å². The monoisotopic (exact) mass is 438 g/mol. The largest absolute Gasteiger partial charge is 0.492 e. The van der Waals surface area contributed by atoms with Gasteiger partial charge in [-0.2, -0.15) is 5.10 Å².